The van der Waals surface area contributed by atoms with Crippen molar-refractivity contribution in [1.82, 2.24) is 14.8 Å². The molecule has 7 heteroatoms. The van der Waals surface area contributed by atoms with Crippen LogP contribution in [0.4, 0.5) is 5.69 Å². The van der Waals surface area contributed by atoms with E-state index in [0.717, 1.165) is 54.1 Å². The van der Waals surface area contributed by atoms with Crippen LogP contribution in [0.3, 0.4) is 0 Å². The second-order valence-corrected chi connectivity index (χ2v) is 9.01. The molecule has 1 aliphatic rings. The van der Waals surface area contributed by atoms with Crippen LogP contribution in [0.15, 0.2) is 47.4 Å². The van der Waals surface area contributed by atoms with E-state index in [4.69, 9.17) is 0 Å². The van der Waals surface area contributed by atoms with Gasteiger partial charge in [0, 0.05) is 24.2 Å². The number of benzene rings is 2. The van der Waals surface area contributed by atoms with Crippen molar-refractivity contribution in [2.75, 3.05) is 4.72 Å². The molecule has 4 rings (SSSR count). The van der Waals surface area contributed by atoms with Crippen LogP contribution in [-0.2, 0) is 23.0 Å². The van der Waals surface area contributed by atoms with Gasteiger partial charge in [-0.2, -0.15) is 0 Å². The van der Waals surface area contributed by atoms with Crippen LogP contribution in [0.25, 0.3) is 11.4 Å². The Morgan fingerprint density at radius 3 is 2.68 bits per heavy atom. The molecule has 0 amide bonds. The Kier molecular flexibility index (Phi) is 4.93. The first-order chi connectivity index (χ1) is 13.4. The Morgan fingerprint density at radius 2 is 1.86 bits per heavy atom. The number of fused-ring (bicyclic) bond motifs is 1. The molecule has 146 valence electrons. The molecule has 1 aliphatic heterocycles. The quantitative estimate of drug-likeness (QED) is 0.721. The summed E-state index contributed by atoms with van der Waals surface area (Å²) in [5.41, 5.74) is 3.14. The van der Waals surface area contributed by atoms with Crippen LogP contribution in [0.5, 0.6) is 0 Å². The highest BCUT2D eigenvalue weighted by atomic mass is 32.2. The number of sulfonamides is 1. The third-order valence-corrected chi connectivity index (χ3v) is 6.64. The van der Waals surface area contributed by atoms with Crippen LogP contribution in [0.2, 0.25) is 0 Å². The molecular weight excluding hydrogens is 372 g/mol. The minimum Gasteiger partial charge on any atom is -0.311 e. The predicted molar refractivity (Wildman–Crippen MR) is 110 cm³/mol. The molecule has 0 fully saturated rings. The largest absolute Gasteiger partial charge is 0.311 e. The molecule has 0 unspecified atom stereocenters. The molecule has 0 radical (unpaired) electrons. The summed E-state index contributed by atoms with van der Waals surface area (Å²) >= 11 is 0. The molecule has 0 saturated heterocycles. The molecule has 1 N–H and O–H groups in total. The van der Waals surface area contributed by atoms with E-state index < -0.39 is 10.0 Å². The number of anilines is 1. The van der Waals surface area contributed by atoms with Crippen LogP contribution >= 0.6 is 0 Å². The van der Waals surface area contributed by atoms with Gasteiger partial charge in [-0.1, -0.05) is 36.2 Å². The molecule has 0 spiro atoms. The zero-order chi connectivity index (χ0) is 19.7. The van der Waals surface area contributed by atoms with Crippen LogP contribution in [-0.4, -0.2) is 23.2 Å². The maximum atomic E-state index is 12.9. The van der Waals surface area contributed by atoms with E-state index in [9.17, 15) is 8.42 Å². The van der Waals surface area contributed by atoms with Gasteiger partial charge in [0.1, 0.15) is 5.82 Å². The fourth-order valence-electron chi connectivity index (χ4n) is 3.73. The second-order valence-electron chi connectivity index (χ2n) is 7.36. The number of aromatic nitrogens is 3. The van der Waals surface area contributed by atoms with Crippen LogP contribution in [0, 0.1) is 13.8 Å². The van der Waals surface area contributed by atoms with E-state index in [-0.39, 0.29) is 0 Å². The Morgan fingerprint density at radius 1 is 1.00 bits per heavy atom. The summed E-state index contributed by atoms with van der Waals surface area (Å²) in [4.78, 5) is 0.292. The second kappa shape index (κ2) is 7.39. The van der Waals surface area contributed by atoms with Gasteiger partial charge in [0.05, 0.1) is 4.90 Å². The minimum absolute atomic E-state index is 0.292. The Balaban J connectivity index is 1.65. The lowest BCUT2D eigenvalue weighted by atomic mass is 10.2. The van der Waals surface area contributed by atoms with Gasteiger partial charge in [-0.05, 0) is 50.5 Å². The van der Waals surface area contributed by atoms with Gasteiger partial charge in [0.2, 0.25) is 0 Å². The number of hydrogen-bond donors (Lipinski definition) is 1. The van der Waals surface area contributed by atoms with Crippen LogP contribution < -0.4 is 4.72 Å². The van der Waals surface area contributed by atoms with Gasteiger partial charge in [0.25, 0.3) is 10.0 Å². The summed E-state index contributed by atoms with van der Waals surface area (Å²) in [6.45, 7) is 4.65. The molecule has 28 heavy (non-hydrogen) atoms. The molecule has 0 aliphatic carbocycles. The summed E-state index contributed by atoms with van der Waals surface area (Å²) in [5.74, 6) is 1.80. The third kappa shape index (κ3) is 3.67. The third-order valence-electron chi connectivity index (χ3n) is 5.10. The number of nitrogens with zero attached hydrogens (tertiary/aromatic N) is 3. The van der Waals surface area contributed by atoms with Crippen molar-refractivity contribution < 1.29 is 8.42 Å². The lowest BCUT2D eigenvalue weighted by Gasteiger charge is -2.12. The smallest absolute Gasteiger partial charge is 0.262 e. The minimum atomic E-state index is -3.66. The van der Waals surface area contributed by atoms with Gasteiger partial charge < -0.3 is 4.57 Å². The summed E-state index contributed by atoms with van der Waals surface area (Å²) in [6.07, 6.45) is 4.37. The molecule has 6 nitrogen and oxygen atoms in total. The van der Waals surface area contributed by atoms with Gasteiger partial charge in [-0.3, -0.25) is 4.72 Å². The highest BCUT2D eigenvalue weighted by Gasteiger charge is 2.19. The molecular formula is C21H24N4O2S. The fourth-order valence-corrected chi connectivity index (χ4v) is 5.01. The summed E-state index contributed by atoms with van der Waals surface area (Å²) in [6, 6.07) is 12.7. The number of nitrogens with one attached hydrogen (secondary N) is 1. The SMILES string of the molecule is Cc1ccc(S(=O)(=O)Nc2cccc(-c3nnc4n3CCCCC4)c2)c(C)c1. The van der Waals surface area contributed by atoms with Crippen LogP contribution in [0.1, 0.15) is 36.2 Å². The van der Waals surface area contributed by atoms with E-state index in [0.29, 0.717) is 10.6 Å². The Hall–Kier alpha value is -2.67. The molecule has 3 aromatic rings. The average Bonchev–Trinajstić information content (AvgIpc) is 2.90. The topological polar surface area (TPSA) is 76.9 Å². The standard InChI is InChI=1S/C21H24N4O2S/c1-15-10-11-19(16(2)13-15)28(26,27)24-18-8-6-7-17(14-18)21-23-22-20-9-4-3-5-12-25(20)21/h6-8,10-11,13-14,24H,3-5,9,12H2,1-2H3. The van der Waals surface area contributed by atoms with E-state index in [2.05, 4.69) is 19.5 Å². The summed E-state index contributed by atoms with van der Waals surface area (Å²) < 4.78 is 30.6. The maximum Gasteiger partial charge on any atom is 0.262 e. The van der Waals surface area contributed by atoms with Gasteiger partial charge in [0.15, 0.2) is 5.82 Å². The fraction of sp³-hybridized carbons (Fsp3) is 0.333. The molecule has 0 saturated carbocycles. The highest BCUT2D eigenvalue weighted by Crippen LogP contribution is 2.26. The first kappa shape index (κ1) is 18.7. The van der Waals surface area contributed by atoms with Crippen molar-refractivity contribution in [1.29, 1.82) is 0 Å². The maximum absolute atomic E-state index is 12.9. The van der Waals surface area contributed by atoms with E-state index in [1.165, 1.54) is 6.42 Å². The van der Waals surface area contributed by atoms with E-state index >= 15 is 0 Å². The number of rotatable bonds is 4. The summed E-state index contributed by atoms with van der Waals surface area (Å²) in [7, 11) is -3.66. The zero-order valence-electron chi connectivity index (χ0n) is 16.1. The zero-order valence-corrected chi connectivity index (χ0v) is 17.0. The predicted octanol–water partition coefficient (Wildman–Crippen LogP) is 4.09. The van der Waals surface area contributed by atoms with E-state index in [1.54, 1.807) is 12.1 Å². The molecule has 0 bridgehead atoms. The van der Waals surface area contributed by atoms with E-state index in [1.807, 2.05) is 44.2 Å². The van der Waals surface area contributed by atoms with Gasteiger partial charge in [-0.25, -0.2) is 8.42 Å². The average molecular weight is 397 g/mol. The molecule has 1 aromatic heterocycles. The van der Waals surface area contributed by atoms with Crippen molar-refractivity contribution in [3.8, 4) is 11.4 Å². The first-order valence-corrected chi connectivity index (χ1v) is 11.0. The number of aryl methyl sites for hydroxylation is 3. The first-order valence-electron chi connectivity index (χ1n) is 9.57. The van der Waals surface area contributed by atoms with Crippen molar-refractivity contribution in [2.24, 2.45) is 0 Å². The highest BCUT2D eigenvalue weighted by molar-refractivity contribution is 7.92. The van der Waals surface area contributed by atoms with Gasteiger partial charge >= 0.3 is 0 Å². The Labute approximate surface area is 165 Å². The van der Waals surface area contributed by atoms with Gasteiger partial charge in [-0.15, -0.1) is 10.2 Å². The lowest BCUT2D eigenvalue weighted by molar-refractivity contribution is 0.600. The molecule has 2 heterocycles. The van der Waals surface area contributed by atoms with Crippen molar-refractivity contribution in [3.63, 3.8) is 0 Å². The normalized spacial score (nSPS) is 14.4. The summed E-state index contributed by atoms with van der Waals surface area (Å²) in [5, 5.41) is 8.70. The number of hydrogen-bond acceptors (Lipinski definition) is 4. The molecule has 2 aromatic carbocycles. The van der Waals surface area contributed by atoms with Crippen molar-refractivity contribution in [3.05, 3.63) is 59.4 Å². The molecule has 0 atom stereocenters. The van der Waals surface area contributed by atoms with Crippen molar-refractivity contribution in [2.45, 2.75) is 51.0 Å². The van der Waals surface area contributed by atoms with Crippen molar-refractivity contribution >= 4 is 15.7 Å². The monoisotopic (exact) mass is 396 g/mol. The lowest BCUT2D eigenvalue weighted by Crippen LogP contribution is -2.14. The Bertz CT molecular complexity index is 1120.